The number of fused-ring (bicyclic) bond motifs is 2. The molecule has 0 N–H and O–H groups in total. The van der Waals surface area contributed by atoms with E-state index >= 15 is 0 Å². The molecule has 1 aliphatic rings. The monoisotopic (exact) mass is 604 g/mol. The average Bonchev–Trinajstić information content (AvgIpc) is 3.27. The van der Waals surface area contributed by atoms with E-state index in [1.54, 1.807) is 36.8 Å². The van der Waals surface area contributed by atoms with Crippen molar-refractivity contribution in [1.82, 2.24) is 4.57 Å². The second-order valence-corrected chi connectivity index (χ2v) is 11.6. The highest BCUT2D eigenvalue weighted by Crippen LogP contribution is 2.38. The summed E-state index contributed by atoms with van der Waals surface area (Å²) in [7, 11) is 1.55. The number of allylic oxidation sites excluding steroid dienone is 1. The van der Waals surface area contributed by atoms with Crippen LogP contribution in [0.25, 0.3) is 16.8 Å². The Kier molecular flexibility index (Phi) is 8.85. The van der Waals surface area contributed by atoms with Gasteiger partial charge in [-0.2, -0.15) is 0 Å². The molecule has 0 saturated heterocycles. The van der Waals surface area contributed by atoms with Gasteiger partial charge in [0.1, 0.15) is 17.5 Å². The number of nitrogens with zero attached hydrogens (tertiary/aromatic N) is 2. The van der Waals surface area contributed by atoms with E-state index in [9.17, 15) is 9.59 Å². The van der Waals surface area contributed by atoms with Gasteiger partial charge in [-0.1, -0.05) is 66.6 Å². The Morgan fingerprint density at radius 2 is 1.83 bits per heavy atom. The largest absolute Gasteiger partial charge is 0.496 e. The van der Waals surface area contributed by atoms with Gasteiger partial charge < -0.3 is 14.2 Å². The van der Waals surface area contributed by atoms with Gasteiger partial charge in [-0.15, -0.1) is 0 Å². The maximum Gasteiger partial charge on any atom is 0.338 e. The molecule has 1 aliphatic heterocycles. The van der Waals surface area contributed by atoms with Crippen LogP contribution >= 0.6 is 22.9 Å². The second-order valence-electron chi connectivity index (χ2n) is 10.2. The normalized spacial score (nSPS) is 15.1. The quantitative estimate of drug-likeness (QED) is 0.213. The molecule has 0 saturated carbocycles. The predicted octanol–water partition coefficient (Wildman–Crippen LogP) is 6.18. The number of ether oxygens (including phenoxy) is 3. The Morgan fingerprint density at radius 1 is 1.10 bits per heavy atom. The van der Waals surface area contributed by atoms with Gasteiger partial charge in [0.25, 0.3) is 5.56 Å². The maximum absolute atomic E-state index is 14.2. The molecule has 0 radical (unpaired) electrons. The molecule has 0 unspecified atom stereocenters. The Balaban J connectivity index is 1.79. The molecule has 7 nitrogen and oxygen atoms in total. The molecule has 2 heterocycles. The highest BCUT2D eigenvalue weighted by Gasteiger charge is 2.36. The number of hydrogen-bond donors (Lipinski definition) is 0. The lowest BCUT2D eigenvalue weighted by molar-refractivity contribution is -0.139. The van der Waals surface area contributed by atoms with Crippen molar-refractivity contribution in [2.24, 2.45) is 4.99 Å². The van der Waals surface area contributed by atoms with Crippen LogP contribution < -0.4 is 24.4 Å². The van der Waals surface area contributed by atoms with Crippen molar-refractivity contribution in [3.05, 3.63) is 102 Å². The number of methoxy groups -OCH3 is 1. The number of hydrogen-bond acceptors (Lipinski definition) is 7. The molecule has 1 atom stereocenters. The smallest absolute Gasteiger partial charge is 0.338 e. The number of carbonyl (C=O) groups excluding carboxylic acids is 1. The van der Waals surface area contributed by atoms with Crippen LogP contribution in [0.15, 0.2) is 75.7 Å². The second kappa shape index (κ2) is 12.5. The fraction of sp³-hybridized carbons (Fsp3) is 0.303. The zero-order valence-corrected chi connectivity index (χ0v) is 25.8. The third-order valence-corrected chi connectivity index (χ3v) is 8.16. The summed E-state index contributed by atoms with van der Waals surface area (Å²) in [5, 5.41) is 2.39. The van der Waals surface area contributed by atoms with E-state index in [4.69, 9.17) is 30.8 Å². The standard InChI is InChI=1S/C33H33ClN2O5S/c1-6-10-25-29(32(38)40-7-2)30(24-18-21(34)14-16-26(24)39-5)36-31(37)28(42-33(36)35-25)17-20-13-15-27(41-19(3)4)23-12-9-8-11-22(20)23/h8-9,11-19,30H,6-7,10H2,1-5H3/b28-17+/t30-/m0/s1. The van der Waals surface area contributed by atoms with Gasteiger partial charge in [0, 0.05) is 16.0 Å². The van der Waals surface area contributed by atoms with Gasteiger partial charge in [-0.05, 0) is 68.5 Å². The van der Waals surface area contributed by atoms with Crippen LogP contribution in [0.4, 0.5) is 0 Å². The molecule has 0 aliphatic carbocycles. The summed E-state index contributed by atoms with van der Waals surface area (Å²) in [6.07, 6.45) is 3.20. The van der Waals surface area contributed by atoms with E-state index in [0.717, 1.165) is 28.5 Å². The van der Waals surface area contributed by atoms with E-state index in [1.807, 2.05) is 63.2 Å². The Morgan fingerprint density at radius 3 is 2.52 bits per heavy atom. The number of halogens is 1. The molecule has 218 valence electrons. The number of aromatic nitrogens is 1. The Hall–Kier alpha value is -3.88. The summed E-state index contributed by atoms with van der Waals surface area (Å²) in [4.78, 5) is 33.1. The van der Waals surface area contributed by atoms with Crippen molar-refractivity contribution in [1.29, 1.82) is 0 Å². The van der Waals surface area contributed by atoms with Crippen molar-refractivity contribution in [2.75, 3.05) is 13.7 Å². The zero-order valence-electron chi connectivity index (χ0n) is 24.3. The topological polar surface area (TPSA) is 79.1 Å². The third-order valence-electron chi connectivity index (χ3n) is 6.95. The van der Waals surface area contributed by atoms with Gasteiger partial charge in [-0.3, -0.25) is 9.36 Å². The molecule has 9 heteroatoms. The average molecular weight is 605 g/mol. The van der Waals surface area contributed by atoms with Crippen molar-refractivity contribution in [3.8, 4) is 11.5 Å². The molecule has 5 rings (SSSR count). The summed E-state index contributed by atoms with van der Waals surface area (Å²) in [6, 6.07) is 16.2. The highest BCUT2D eigenvalue weighted by atomic mass is 35.5. The fourth-order valence-corrected chi connectivity index (χ4v) is 6.44. The van der Waals surface area contributed by atoms with Gasteiger partial charge >= 0.3 is 5.97 Å². The van der Waals surface area contributed by atoms with E-state index in [1.165, 1.54) is 11.3 Å². The molecular formula is C33H33ClN2O5S. The molecule has 0 amide bonds. The molecule has 0 spiro atoms. The number of carbonyl (C=O) groups is 1. The van der Waals surface area contributed by atoms with E-state index in [-0.39, 0.29) is 18.3 Å². The third kappa shape index (κ3) is 5.61. The number of rotatable bonds is 9. The molecule has 3 aromatic carbocycles. The Labute approximate surface area is 253 Å². The highest BCUT2D eigenvalue weighted by molar-refractivity contribution is 7.07. The van der Waals surface area contributed by atoms with Crippen LogP contribution in [0.1, 0.15) is 57.7 Å². The minimum absolute atomic E-state index is 0.0253. The molecule has 42 heavy (non-hydrogen) atoms. The maximum atomic E-state index is 14.2. The van der Waals surface area contributed by atoms with Gasteiger partial charge in [0.05, 0.1) is 35.6 Å². The van der Waals surface area contributed by atoms with Gasteiger partial charge in [0.15, 0.2) is 4.80 Å². The van der Waals surface area contributed by atoms with Crippen LogP contribution in [0.5, 0.6) is 11.5 Å². The van der Waals surface area contributed by atoms with Crippen molar-refractivity contribution in [2.45, 2.75) is 52.7 Å². The molecule has 0 bridgehead atoms. The molecule has 1 aromatic heterocycles. The summed E-state index contributed by atoms with van der Waals surface area (Å²) in [5.74, 6) is 0.776. The summed E-state index contributed by atoms with van der Waals surface area (Å²) in [5.41, 5.74) is 2.11. The van der Waals surface area contributed by atoms with Crippen LogP contribution in [0, 0.1) is 0 Å². The first kappa shape index (κ1) is 29.6. The number of esters is 1. The SMILES string of the molecule is CCCC1=C(C(=O)OCC)[C@H](c2cc(Cl)ccc2OC)n2c(s/c(=C/c3ccc(OC(C)C)c4ccccc34)c2=O)=N1. The fourth-order valence-electron chi connectivity index (χ4n) is 5.25. The number of thiazole rings is 1. The lowest BCUT2D eigenvalue weighted by Crippen LogP contribution is -2.40. The summed E-state index contributed by atoms with van der Waals surface area (Å²) >= 11 is 7.74. The van der Waals surface area contributed by atoms with Crippen LogP contribution in [-0.4, -0.2) is 30.4 Å². The van der Waals surface area contributed by atoms with Crippen LogP contribution in [-0.2, 0) is 9.53 Å². The molecule has 4 aromatic rings. The van der Waals surface area contributed by atoms with Gasteiger partial charge in [0.2, 0.25) is 0 Å². The number of benzene rings is 3. The molecule has 0 fully saturated rings. The van der Waals surface area contributed by atoms with E-state index < -0.39 is 12.0 Å². The van der Waals surface area contributed by atoms with E-state index in [2.05, 4.69) is 0 Å². The first-order valence-corrected chi connectivity index (χ1v) is 15.2. The van der Waals surface area contributed by atoms with Crippen LogP contribution in [0.3, 0.4) is 0 Å². The minimum Gasteiger partial charge on any atom is -0.496 e. The first-order valence-electron chi connectivity index (χ1n) is 14.0. The van der Waals surface area contributed by atoms with E-state index in [0.29, 0.717) is 43.4 Å². The summed E-state index contributed by atoms with van der Waals surface area (Å²) < 4.78 is 19.3. The molecular weight excluding hydrogens is 572 g/mol. The zero-order chi connectivity index (χ0) is 30.0. The summed E-state index contributed by atoms with van der Waals surface area (Å²) in [6.45, 7) is 7.95. The van der Waals surface area contributed by atoms with Gasteiger partial charge in [-0.25, -0.2) is 9.79 Å². The van der Waals surface area contributed by atoms with Crippen molar-refractivity contribution < 1.29 is 19.0 Å². The lowest BCUT2D eigenvalue weighted by Gasteiger charge is -2.27. The van der Waals surface area contributed by atoms with Crippen molar-refractivity contribution >= 4 is 45.8 Å². The van der Waals surface area contributed by atoms with Crippen LogP contribution in [0.2, 0.25) is 5.02 Å². The van der Waals surface area contributed by atoms with Crippen molar-refractivity contribution in [3.63, 3.8) is 0 Å². The minimum atomic E-state index is -0.823. The predicted molar refractivity (Wildman–Crippen MR) is 167 cm³/mol. The first-order chi connectivity index (χ1) is 20.3. The Bertz CT molecular complexity index is 1870. The lowest BCUT2D eigenvalue weighted by atomic mass is 9.93.